The van der Waals surface area contributed by atoms with Crippen molar-refractivity contribution in [2.24, 2.45) is 5.73 Å². The molecule has 0 spiro atoms. The van der Waals surface area contributed by atoms with Crippen LogP contribution in [-0.2, 0) is 6.54 Å². The van der Waals surface area contributed by atoms with Crippen LogP contribution in [0.4, 0.5) is 0 Å². The summed E-state index contributed by atoms with van der Waals surface area (Å²) in [5.41, 5.74) is 5.40. The van der Waals surface area contributed by atoms with Crippen molar-refractivity contribution in [2.45, 2.75) is 31.1 Å². The fourth-order valence-corrected chi connectivity index (χ4v) is 1.80. The molecule has 1 heterocycles. The van der Waals surface area contributed by atoms with Gasteiger partial charge in [0.1, 0.15) is 0 Å². The molecule has 0 aliphatic carbocycles. The first-order valence-corrected chi connectivity index (χ1v) is 5.53. The van der Waals surface area contributed by atoms with E-state index in [-0.39, 0.29) is 6.10 Å². The van der Waals surface area contributed by atoms with Gasteiger partial charge in [-0.15, -0.1) is 5.10 Å². The van der Waals surface area contributed by atoms with Crippen molar-refractivity contribution in [3.05, 3.63) is 0 Å². The second-order valence-electron chi connectivity index (χ2n) is 2.85. The van der Waals surface area contributed by atoms with E-state index in [1.807, 2.05) is 6.92 Å². The van der Waals surface area contributed by atoms with E-state index < -0.39 is 0 Å². The van der Waals surface area contributed by atoms with Crippen molar-refractivity contribution in [3.63, 3.8) is 0 Å². The van der Waals surface area contributed by atoms with Crippen LogP contribution < -0.4 is 5.73 Å². The number of aliphatic hydroxyl groups is 1. The molecule has 1 unspecified atom stereocenters. The zero-order valence-corrected chi connectivity index (χ0v) is 8.94. The number of hydrogen-bond acceptors (Lipinski definition) is 6. The van der Waals surface area contributed by atoms with Crippen molar-refractivity contribution in [1.29, 1.82) is 0 Å². The highest BCUT2D eigenvalue weighted by atomic mass is 32.2. The van der Waals surface area contributed by atoms with Crippen LogP contribution in [0, 0.1) is 0 Å². The normalized spacial score (nSPS) is 13.1. The van der Waals surface area contributed by atoms with Gasteiger partial charge in [0.25, 0.3) is 0 Å². The average Bonchev–Trinajstić information content (AvgIpc) is 2.62. The van der Waals surface area contributed by atoms with Gasteiger partial charge in [0, 0.05) is 12.3 Å². The van der Waals surface area contributed by atoms with Crippen LogP contribution in [0.25, 0.3) is 0 Å². The molecule has 0 amide bonds. The molecule has 0 aromatic carbocycles. The van der Waals surface area contributed by atoms with Crippen molar-refractivity contribution < 1.29 is 5.11 Å². The van der Waals surface area contributed by atoms with Crippen LogP contribution in [-0.4, -0.2) is 43.7 Å². The smallest absolute Gasteiger partial charge is 0.209 e. The van der Waals surface area contributed by atoms with Gasteiger partial charge in [-0.2, -0.15) is 0 Å². The summed E-state index contributed by atoms with van der Waals surface area (Å²) in [6.45, 7) is 3.06. The van der Waals surface area contributed by atoms with Gasteiger partial charge in [-0.05, 0) is 16.8 Å². The molecule has 0 fully saturated rings. The van der Waals surface area contributed by atoms with E-state index in [1.165, 1.54) is 11.8 Å². The minimum absolute atomic E-state index is 0.303. The highest BCUT2D eigenvalue weighted by Crippen LogP contribution is 2.15. The minimum Gasteiger partial charge on any atom is -0.392 e. The lowest BCUT2D eigenvalue weighted by atomic mass is 10.3. The first-order chi connectivity index (χ1) is 6.77. The Bertz CT molecular complexity index is 266. The van der Waals surface area contributed by atoms with Crippen molar-refractivity contribution >= 4 is 11.8 Å². The van der Waals surface area contributed by atoms with Crippen molar-refractivity contribution in [2.75, 3.05) is 12.3 Å². The van der Waals surface area contributed by atoms with E-state index in [9.17, 15) is 5.11 Å². The van der Waals surface area contributed by atoms with Gasteiger partial charge in [-0.1, -0.05) is 18.7 Å². The molecule has 14 heavy (non-hydrogen) atoms. The molecule has 6 nitrogen and oxygen atoms in total. The zero-order valence-electron chi connectivity index (χ0n) is 8.13. The fraction of sp³-hybridized carbons (Fsp3) is 0.857. The summed E-state index contributed by atoms with van der Waals surface area (Å²) >= 11 is 1.45. The lowest BCUT2D eigenvalue weighted by Crippen LogP contribution is -2.13. The lowest BCUT2D eigenvalue weighted by molar-refractivity contribution is 0.195. The number of nitrogens with two attached hydrogens (primary N) is 1. The molecule has 0 saturated carbocycles. The molecule has 1 aromatic heterocycles. The Kier molecular flexibility index (Phi) is 4.85. The quantitative estimate of drug-likeness (QED) is 0.624. The summed E-state index contributed by atoms with van der Waals surface area (Å²) in [5.74, 6) is 0.613. The van der Waals surface area contributed by atoms with E-state index in [0.717, 1.165) is 6.42 Å². The number of aromatic nitrogens is 4. The number of hydrogen-bond donors (Lipinski definition) is 2. The molecule has 0 bridgehead atoms. The van der Waals surface area contributed by atoms with E-state index in [4.69, 9.17) is 5.73 Å². The van der Waals surface area contributed by atoms with Gasteiger partial charge in [-0.25, -0.2) is 4.68 Å². The van der Waals surface area contributed by atoms with Gasteiger partial charge < -0.3 is 10.8 Å². The third kappa shape index (κ3) is 3.24. The molecular formula is C7H15N5OS. The predicted molar refractivity (Wildman–Crippen MR) is 53.9 cm³/mol. The van der Waals surface area contributed by atoms with E-state index in [2.05, 4.69) is 15.5 Å². The topological polar surface area (TPSA) is 89.9 Å². The van der Waals surface area contributed by atoms with Crippen LogP contribution in [0.5, 0.6) is 0 Å². The maximum absolute atomic E-state index is 9.35. The Morgan fingerprint density at radius 3 is 3.07 bits per heavy atom. The Morgan fingerprint density at radius 1 is 1.64 bits per heavy atom. The zero-order chi connectivity index (χ0) is 10.4. The van der Waals surface area contributed by atoms with Crippen LogP contribution in [0.2, 0.25) is 0 Å². The van der Waals surface area contributed by atoms with E-state index in [0.29, 0.717) is 24.0 Å². The number of nitrogens with zero attached hydrogens (tertiary/aromatic N) is 4. The maximum atomic E-state index is 9.35. The monoisotopic (exact) mass is 217 g/mol. The summed E-state index contributed by atoms with van der Waals surface area (Å²) < 4.78 is 1.65. The minimum atomic E-state index is -0.303. The summed E-state index contributed by atoms with van der Waals surface area (Å²) in [6.07, 6.45) is 0.439. The van der Waals surface area contributed by atoms with Gasteiger partial charge in [0.05, 0.1) is 12.6 Å². The molecule has 7 heteroatoms. The van der Waals surface area contributed by atoms with Crippen LogP contribution in [0.3, 0.4) is 0 Å². The second kappa shape index (κ2) is 5.94. The summed E-state index contributed by atoms with van der Waals surface area (Å²) in [5, 5.41) is 21.2. The third-order valence-corrected chi connectivity index (χ3v) is 2.82. The average molecular weight is 217 g/mol. The van der Waals surface area contributed by atoms with Crippen LogP contribution in [0.15, 0.2) is 5.16 Å². The molecule has 1 aromatic rings. The summed E-state index contributed by atoms with van der Waals surface area (Å²) in [6, 6.07) is 0. The Balaban J connectivity index is 2.45. The number of rotatable bonds is 6. The SMILES string of the molecule is CCC(O)CSc1nnnn1CCN. The first kappa shape index (κ1) is 11.4. The van der Waals surface area contributed by atoms with E-state index >= 15 is 0 Å². The summed E-state index contributed by atoms with van der Waals surface area (Å²) in [7, 11) is 0. The van der Waals surface area contributed by atoms with E-state index in [1.54, 1.807) is 4.68 Å². The number of thioether (sulfide) groups is 1. The number of tetrazole rings is 1. The molecule has 0 aliphatic rings. The first-order valence-electron chi connectivity index (χ1n) is 4.55. The Morgan fingerprint density at radius 2 is 2.43 bits per heavy atom. The predicted octanol–water partition coefficient (Wildman–Crippen LogP) is -0.505. The molecule has 1 atom stereocenters. The molecular weight excluding hydrogens is 202 g/mol. The Hall–Kier alpha value is -0.660. The van der Waals surface area contributed by atoms with Crippen LogP contribution in [0.1, 0.15) is 13.3 Å². The van der Waals surface area contributed by atoms with Gasteiger partial charge in [-0.3, -0.25) is 0 Å². The Labute approximate surface area is 86.9 Å². The highest BCUT2D eigenvalue weighted by Gasteiger charge is 2.08. The lowest BCUT2D eigenvalue weighted by Gasteiger charge is -2.06. The largest absolute Gasteiger partial charge is 0.392 e. The maximum Gasteiger partial charge on any atom is 0.209 e. The second-order valence-corrected chi connectivity index (χ2v) is 3.83. The van der Waals surface area contributed by atoms with Crippen LogP contribution >= 0.6 is 11.8 Å². The van der Waals surface area contributed by atoms with Crippen molar-refractivity contribution in [3.8, 4) is 0 Å². The van der Waals surface area contributed by atoms with Gasteiger partial charge in [0.2, 0.25) is 5.16 Å². The standard InChI is InChI=1S/C7H15N5OS/c1-2-6(13)5-14-7-9-10-11-12(7)4-3-8/h6,13H,2-5,8H2,1H3. The molecule has 1 rings (SSSR count). The summed E-state index contributed by atoms with van der Waals surface area (Å²) in [4.78, 5) is 0. The molecule has 0 saturated heterocycles. The molecule has 80 valence electrons. The third-order valence-electron chi connectivity index (χ3n) is 1.72. The van der Waals surface area contributed by atoms with Gasteiger partial charge >= 0.3 is 0 Å². The van der Waals surface area contributed by atoms with Crippen molar-refractivity contribution in [1.82, 2.24) is 20.2 Å². The molecule has 0 radical (unpaired) electrons. The van der Waals surface area contributed by atoms with Gasteiger partial charge in [0.15, 0.2) is 0 Å². The fourth-order valence-electron chi connectivity index (χ4n) is 0.851. The highest BCUT2D eigenvalue weighted by molar-refractivity contribution is 7.99. The molecule has 0 aliphatic heterocycles. The molecule has 3 N–H and O–H groups in total. The number of aliphatic hydroxyl groups excluding tert-OH is 1.